The minimum atomic E-state index is 0.500. The largest absolute Gasteiger partial charge is 0.320 e. The van der Waals surface area contributed by atoms with E-state index in [0.29, 0.717) is 5.41 Å². The van der Waals surface area contributed by atoms with Crippen molar-refractivity contribution >= 4 is 0 Å². The second-order valence-corrected chi connectivity index (χ2v) is 6.07. The molecule has 3 aliphatic rings. The first-order valence-electron chi connectivity index (χ1n) is 5.57. The van der Waals surface area contributed by atoms with Gasteiger partial charge in [0.25, 0.3) is 0 Å². The van der Waals surface area contributed by atoms with Crippen molar-refractivity contribution in [2.24, 2.45) is 5.41 Å². The van der Waals surface area contributed by atoms with Gasteiger partial charge < -0.3 is 4.48 Å². The van der Waals surface area contributed by atoms with E-state index in [1.54, 1.807) is 0 Å². The number of rotatable bonds is 1. The molecule has 3 heterocycles. The van der Waals surface area contributed by atoms with Crippen LogP contribution >= 0.6 is 0 Å². The highest BCUT2D eigenvalue weighted by molar-refractivity contribution is 4.73. The van der Waals surface area contributed by atoms with E-state index in [4.69, 9.17) is 0 Å². The van der Waals surface area contributed by atoms with E-state index in [0.717, 1.165) is 0 Å². The van der Waals surface area contributed by atoms with Crippen molar-refractivity contribution in [3.05, 3.63) is 0 Å². The normalized spacial score (nSPS) is 39.5. The third kappa shape index (κ3) is 2.05. The Morgan fingerprint density at radius 1 is 1.00 bits per heavy atom. The lowest BCUT2D eigenvalue weighted by atomic mass is 9.93. The van der Waals surface area contributed by atoms with E-state index in [1.165, 1.54) is 50.3 Å². The molecule has 0 N–H and O–H groups in total. The lowest BCUT2D eigenvalue weighted by molar-refractivity contribution is -0.946. The van der Waals surface area contributed by atoms with Gasteiger partial charge in [-0.3, -0.25) is 4.90 Å². The zero-order valence-electron chi connectivity index (χ0n) is 9.34. The Kier molecular flexibility index (Phi) is 2.16. The number of quaternary nitrogens is 1. The molecular formula is C11H23N2+. The van der Waals surface area contributed by atoms with Gasteiger partial charge in [0, 0.05) is 25.0 Å². The molecule has 0 spiro atoms. The van der Waals surface area contributed by atoms with Crippen LogP contribution in [0.2, 0.25) is 0 Å². The summed E-state index contributed by atoms with van der Waals surface area (Å²) in [4.78, 5) is 2.61. The van der Waals surface area contributed by atoms with Crippen LogP contribution in [0.5, 0.6) is 0 Å². The van der Waals surface area contributed by atoms with Crippen molar-refractivity contribution in [2.75, 3.05) is 45.8 Å². The summed E-state index contributed by atoms with van der Waals surface area (Å²) in [5.41, 5.74) is 0.500. The molecule has 0 amide bonds. The molecule has 0 radical (unpaired) electrons. The summed E-state index contributed by atoms with van der Waals surface area (Å²) in [5.74, 6) is 0. The van der Waals surface area contributed by atoms with Gasteiger partial charge in [-0.1, -0.05) is 20.8 Å². The van der Waals surface area contributed by atoms with Gasteiger partial charge in [-0.25, -0.2) is 0 Å². The highest BCUT2D eigenvalue weighted by atomic mass is 15.5. The molecular weight excluding hydrogens is 160 g/mol. The molecule has 0 atom stereocenters. The standard InChI is InChI=1S/C11H23N2/c1-11(2,3)10-13-7-4-12(5-8-13)6-9-13/h4-10H2,1-3H3/q+1. The predicted molar refractivity (Wildman–Crippen MR) is 55.6 cm³/mol. The molecule has 0 aliphatic carbocycles. The minimum absolute atomic E-state index is 0.500. The Hall–Kier alpha value is -0.0800. The molecule has 0 saturated carbocycles. The van der Waals surface area contributed by atoms with Crippen molar-refractivity contribution in [3.8, 4) is 0 Å². The number of fused-ring (bicyclic) bond motifs is 3. The second-order valence-electron chi connectivity index (χ2n) is 6.07. The van der Waals surface area contributed by atoms with Gasteiger partial charge in [-0.15, -0.1) is 0 Å². The summed E-state index contributed by atoms with van der Waals surface area (Å²) in [6, 6.07) is 0. The smallest absolute Gasteiger partial charge is 0.0916 e. The Balaban J connectivity index is 2.03. The van der Waals surface area contributed by atoms with Gasteiger partial charge in [0.05, 0.1) is 26.2 Å². The summed E-state index contributed by atoms with van der Waals surface area (Å²) in [6.45, 7) is 16.7. The molecule has 76 valence electrons. The van der Waals surface area contributed by atoms with Gasteiger partial charge in [0.15, 0.2) is 0 Å². The molecule has 2 bridgehead atoms. The summed E-state index contributed by atoms with van der Waals surface area (Å²) in [7, 11) is 0. The van der Waals surface area contributed by atoms with Crippen LogP contribution in [0, 0.1) is 5.41 Å². The maximum Gasteiger partial charge on any atom is 0.0916 e. The number of nitrogens with zero attached hydrogens (tertiary/aromatic N) is 2. The number of hydrogen-bond acceptors (Lipinski definition) is 1. The van der Waals surface area contributed by atoms with Crippen LogP contribution in [0.4, 0.5) is 0 Å². The lowest BCUT2D eigenvalue weighted by Crippen LogP contribution is -2.68. The molecule has 3 saturated heterocycles. The van der Waals surface area contributed by atoms with Crippen LogP contribution in [0.25, 0.3) is 0 Å². The van der Waals surface area contributed by atoms with Crippen LogP contribution in [-0.4, -0.2) is 55.2 Å². The lowest BCUT2D eigenvalue weighted by Gasteiger charge is -2.52. The summed E-state index contributed by atoms with van der Waals surface area (Å²) >= 11 is 0. The molecule has 2 nitrogen and oxygen atoms in total. The van der Waals surface area contributed by atoms with Crippen molar-refractivity contribution in [3.63, 3.8) is 0 Å². The third-order valence-electron chi connectivity index (χ3n) is 3.48. The fourth-order valence-corrected chi connectivity index (χ4v) is 2.97. The fraction of sp³-hybridized carbons (Fsp3) is 1.00. The Morgan fingerprint density at radius 2 is 1.46 bits per heavy atom. The van der Waals surface area contributed by atoms with Crippen molar-refractivity contribution < 1.29 is 4.48 Å². The van der Waals surface area contributed by atoms with E-state index >= 15 is 0 Å². The van der Waals surface area contributed by atoms with Crippen LogP contribution in [0.3, 0.4) is 0 Å². The van der Waals surface area contributed by atoms with Gasteiger partial charge in [0.2, 0.25) is 0 Å². The van der Waals surface area contributed by atoms with Gasteiger partial charge >= 0.3 is 0 Å². The van der Waals surface area contributed by atoms with Crippen LogP contribution in [-0.2, 0) is 0 Å². The molecule has 2 heteroatoms. The van der Waals surface area contributed by atoms with Crippen LogP contribution < -0.4 is 0 Å². The molecule has 3 rings (SSSR count). The van der Waals surface area contributed by atoms with Gasteiger partial charge in [-0.2, -0.15) is 0 Å². The van der Waals surface area contributed by atoms with E-state index in [9.17, 15) is 0 Å². The second kappa shape index (κ2) is 2.96. The minimum Gasteiger partial charge on any atom is -0.320 e. The average molecular weight is 183 g/mol. The predicted octanol–water partition coefficient (Wildman–Crippen LogP) is 1.18. The van der Waals surface area contributed by atoms with E-state index in [1.807, 2.05) is 0 Å². The monoisotopic (exact) mass is 183 g/mol. The first kappa shape index (κ1) is 9.47. The maximum absolute atomic E-state index is 2.61. The van der Waals surface area contributed by atoms with Crippen LogP contribution in [0.15, 0.2) is 0 Å². The van der Waals surface area contributed by atoms with Crippen molar-refractivity contribution in [1.29, 1.82) is 0 Å². The quantitative estimate of drug-likeness (QED) is 0.552. The molecule has 13 heavy (non-hydrogen) atoms. The molecule has 0 aromatic heterocycles. The van der Waals surface area contributed by atoms with E-state index in [-0.39, 0.29) is 0 Å². The Labute approximate surface area is 82.1 Å². The van der Waals surface area contributed by atoms with Crippen LogP contribution in [0.1, 0.15) is 20.8 Å². The fourth-order valence-electron chi connectivity index (χ4n) is 2.97. The molecule has 0 aromatic rings. The van der Waals surface area contributed by atoms with E-state index < -0.39 is 0 Å². The number of piperazine rings is 3. The summed E-state index contributed by atoms with van der Waals surface area (Å²) in [5, 5.41) is 0. The summed E-state index contributed by atoms with van der Waals surface area (Å²) in [6.07, 6.45) is 0. The van der Waals surface area contributed by atoms with Crippen molar-refractivity contribution in [1.82, 2.24) is 4.90 Å². The van der Waals surface area contributed by atoms with E-state index in [2.05, 4.69) is 25.7 Å². The first-order valence-corrected chi connectivity index (χ1v) is 5.57. The highest BCUT2D eigenvalue weighted by Crippen LogP contribution is 2.26. The van der Waals surface area contributed by atoms with Gasteiger partial charge in [-0.05, 0) is 0 Å². The zero-order valence-corrected chi connectivity index (χ0v) is 9.34. The average Bonchev–Trinajstić information content (AvgIpc) is 2.03. The molecule has 3 aliphatic heterocycles. The molecule has 3 fully saturated rings. The number of hydrogen-bond donors (Lipinski definition) is 0. The first-order chi connectivity index (χ1) is 5.99. The molecule has 0 aromatic carbocycles. The third-order valence-corrected chi connectivity index (χ3v) is 3.48. The molecule has 0 unspecified atom stereocenters. The van der Waals surface area contributed by atoms with Crippen molar-refractivity contribution in [2.45, 2.75) is 20.8 Å². The highest BCUT2D eigenvalue weighted by Gasteiger charge is 2.40. The maximum atomic E-state index is 2.61. The van der Waals surface area contributed by atoms with Gasteiger partial charge in [0.1, 0.15) is 0 Å². The topological polar surface area (TPSA) is 3.24 Å². The summed E-state index contributed by atoms with van der Waals surface area (Å²) < 4.78 is 1.40. The SMILES string of the molecule is CC(C)(C)C[N+]12CCN(CC1)CC2. The zero-order chi connectivity index (χ0) is 9.53. The Morgan fingerprint density at radius 3 is 1.85 bits per heavy atom. The Bertz CT molecular complexity index is 171.